The van der Waals surface area contributed by atoms with Crippen molar-refractivity contribution < 1.29 is 17.6 Å². The summed E-state index contributed by atoms with van der Waals surface area (Å²) in [5, 5.41) is 3.03. The van der Waals surface area contributed by atoms with Gasteiger partial charge in [0.2, 0.25) is 10.0 Å². The number of hydrogen-bond donors (Lipinski definition) is 2. The molecule has 0 aliphatic heterocycles. The minimum absolute atomic E-state index is 0.00698. The number of amides is 1. The lowest BCUT2D eigenvalue weighted by Crippen LogP contribution is -2.25. The van der Waals surface area contributed by atoms with Gasteiger partial charge in [0.1, 0.15) is 10.7 Å². The fourth-order valence-electron chi connectivity index (χ4n) is 2.69. The summed E-state index contributed by atoms with van der Waals surface area (Å²) < 4.78 is 41.5. The molecule has 0 fully saturated rings. The Hall–Kier alpha value is -2.62. The van der Waals surface area contributed by atoms with Crippen LogP contribution < -0.4 is 10.0 Å². The Labute approximate surface area is 166 Å². The largest absolute Gasteiger partial charge is 0.298 e. The number of rotatable bonds is 6. The van der Waals surface area contributed by atoms with E-state index in [1.165, 1.54) is 23.5 Å². The smallest absolute Gasteiger partial charge is 0.257 e. The number of fused-ring (bicyclic) bond motifs is 1. The van der Waals surface area contributed by atoms with E-state index in [2.05, 4.69) is 21.6 Å². The van der Waals surface area contributed by atoms with E-state index in [9.17, 15) is 17.6 Å². The molecule has 9 heteroatoms. The third-order valence-electron chi connectivity index (χ3n) is 3.95. The van der Waals surface area contributed by atoms with Gasteiger partial charge in [-0.1, -0.05) is 23.5 Å². The second-order valence-electron chi connectivity index (χ2n) is 6.19. The van der Waals surface area contributed by atoms with Crippen molar-refractivity contribution in [3.63, 3.8) is 0 Å². The van der Waals surface area contributed by atoms with Gasteiger partial charge in [0.25, 0.3) is 5.91 Å². The maximum atomic E-state index is 14.0. The monoisotopic (exact) mass is 419 g/mol. The Morgan fingerprint density at radius 3 is 2.75 bits per heavy atom. The molecule has 0 spiro atoms. The van der Waals surface area contributed by atoms with E-state index >= 15 is 0 Å². The second-order valence-corrected chi connectivity index (χ2v) is 8.95. The van der Waals surface area contributed by atoms with E-state index in [1.807, 2.05) is 26.0 Å². The van der Waals surface area contributed by atoms with Gasteiger partial charge in [0, 0.05) is 12.1 Å². The normalized spacial score (nSPS) is 11.5. The summed E-state index contributed by atoms with van der Waals surface area (Å²) >= 11 is 1.31. The van der Waals surface area contributed by atoms with Crippen LogP contribution in [0.15, 0.2) is 47.9 Å². The topological polar surface area (TPSA) is 88.2 Å². The third kappa shape index (κ3) is 4.11. The van der Waals surface area contributed by atoms with Gasteiger partial charge >= 0.3 is 0 Å². The fourth-order valence-corrected chi connectivity index (χ4v) is 4.83. The van der Waals surface area contributed by atoms with Crippen LogP contribution in [0, 0.1) is 19.7 Å². The van der Waals surface area contributed by atoms with E-state index < -0.39 is 26.6 Å². The molecule has 0 radical (unpaired) electrons. The zero-order valence-corrected chi connectivity index (χ0v) is 16.9. The average Bonchev–Trinajstić information content (AvgIpc) is 3.02. The van der Waals surface area contributed by atoms with Crippen molar-refractivity contribution in [1.29, 1.82) is 0 Å². The number of nitrogens with zero attached hydrogens (tertiary/aromatic N) is 1. The molecule has 3 rings (SSSR count). The summed E-state index contributed by atoms with van der Waals surface area (Å²) in [5.74, 6) is -1.52. The highest BCUT2D eigenvalue weighted by Crippen LogP contribution is 2.29. The number of carbonyl (C=O) groups excluding carboxylic acids is 1. The lowest BCUT2D eigenvalue weighted by atomic mass is 10.1. The molecule has 3 aromatic rings. The number of thiazole rings is 1. The van der Waals surface area contributed by atoms with Crippen molar-refractivity contribution in [2.75, 3.05) is 11.9 Å². The van der Waals surface area contributed by atoms with Crippen molar-refractivity contribution in [2.45, 2.75) is 18.7 Å². The molecule has 1 amide bonds. The number of sulfonamides is 1. The lowest BCUT2D eigenvalue weighted by Gasteiger charge is -2.08. The summed E-state index contributed by atoms with van der Waals surface area (Å²) in [6.07, 6.45) is 1.34. The molecular formula is C19H18FN3O3S2. The number of anilines is 1. The molecule has 0 unspecified atom stereocenters. The average molecular weight is 420 g/mol. The summed E-state index contributed by atoms with van der Waals surface area (Å²) in [5.41, 5.74) is 2.89. The minimum atomic E-state index is -4.10. The number of aryl methyl sites for hydroxylation is 2. The maximum absolute atomic E-state index is 14.0. The molecule has 1 heterocycles. The predicted octanol–water partition coefficient (Wildman–Crippen LogP) is 3.77. The van der Waals surface area contributed by atoms with Crippen LogP contribution in [0.1, 0.15) is 21.5 Å². The van der Waals surface area contributed by atoms with Gasteiger partial charge in [0.05, 0.1) is 10.2 Å². The van der Waals surface area contributed by atoms with Crippen molar-refractivity contribution in [1.82, 2.24) is 9.71 Å². The van der Waals surface area contributed by atoms with Crippen molar-refractivity contribution in [2.24, 2.45) is 0 Å². The van der Waals surface area contributed by atoms with E-state index in [4.69, 9.17) is 0 Å². The first-order chi connectivity index (χ1) is 13.2. The van der Waals surface area contributed by atoms with Crippen molar-refractivity contribution >= 4 is 42.6 Å². The molecule has 2 N–H and O–H groups in total. The van der Waals surface area contributed by atoms with Gasteiger partial charge < -0.3 is 0 Å². The van der Waals surface area contributed by atoms with Crippen LogP contribution in [0.3, 0.4) is 0 Å². The summed E-state index contributed by atoms with van der Waals surface area (Å²) in [4.78, 5) is 16.4. The molecule has 0 aliphatic carbocycles. The molecule has 0 saturated carbocycles. The van der Waals surface area contributed by atoms with Gasteiger partial charge in [-0.15, -0.1) is 6.58 Å². The summed E-state index contributed by atoms with van der Waals surface area (Å²) in [6.45, 7) is 7.27. The molecule has 0 bridgehead atoms. The molecular weight excluding hydrogens is 401 g/mol. The Kier molecular flexibility index (Phi) is 5.59. The zero-order valence-electron chi connectivity index (χ0n) is 15.2. The molecule has 0 saturated heterocycles. The van der Waals surface area contributed by atoms with Gasteiger partial charge in [-0.25, -0.2) is 22.5 Å². The van der Waals surface area contributed by atoms with Crippen LogP contribution in [-0.2, 0) is 10.0 Å². The standard InChI is InChI=1S/C19H18FN3O3S2/c1-4-7-21-28(25,26)16-10-13(5-6-14(16)20)18(24)23-19-22-17-12(3)8-11(2)9-15(17)27-19/h4-6,8-10,21H,1,7H2,2-3H3,(H,22,23,24). The van der Waals surface area contributed by atoms with Crippen LogP contribution in [0.2, 0.25) is 0 Å². The number of carbonyl (C=O) groups is 1. The second kappa shape index (κ2) is 7.78. The van der Waals surface area contributed by atoms with E-state index in [1.54, 1.807) is 0 Å². The molecule has 28 heavy (non-hydrogen) atoms. The Bertz CT molecular complexity index is 1190. The number of benzene rings is 2. The fraction of sp³-hybridized carbons (Fsp3) is 0.158. The van der Waals surface area contributed by atoms with E-state index in [0.29, 0.717) is 5.13 Å². The highest BCUT2D eigenvalue weighted by atomic mass is 32.2. The van der Waals surface area contributed by atoms with Crippen LogP contribution in [0.4, 0.5) is 9.52 Å². The van der Waals surface area contributed by atoms with Crippen molar-refractivity contribution in [3.8, 4) is 0 Å². The quantitative estimate of drug-likeness (QED) is 0.596. The highest BCUT2D eigenvalue weighted by molar-refractivity contribution is 7.89. The van der Waals surface area contributed by atoms with Gasteiger partial charge in [-0.2, -0.15) is 0 Å². The number of hydrogen-bond acceptors (Lipinski definition) is 5. The van der Waals surface area contributed by atoms with E-state index in [0.717, 1.165) is 33.5 Å². The first-order valence-electron chi connectivity index (χ1n) is 8.30. The van der Waals surface area contributed by atoms with Crippen LogP contribution >= 0.6 is 11.3 Å². The number of aromatic nitrogens is 1. The molecule has 1 aromatic heterocycles. The SMILES string of the molecule is C=CCNS(=O)(=O)c1cc(C(=O)Nc2nc3c(C)cc(C)cc3s2)ccc1F. The van der Waals surface area contributed by atoms with Gasteiger partial charge in [-0.3, -0.25) is 10.1 Å². The minimum Gasteiger partial charge on any atom is -0.298 e. The van der Waals surface area contributed by atoms with Crippen LogP contribution in [-0.4, -0.2) is 25.9 Å². The molecule has 146 valence electrons. The molecule has 0 atom stereocenters. The number of halogens is 1. The Morgan fingerprint density at radius 2 is 2.04 bits per heavy atom. The third-order valence-corrected chi connectivity index (χ3v) is 6.31. The molecule has 0 aliphatic rings. The van der Waals surface area contributed by atoms with Crippen LogP contribution in [0.5, 0.6) is 0 Å². The first kappa shape index (κ1) is 20.1. The Balaban J connectivity index is 1.90. The maximum Gasteiger partial charge on any atom is 0.257 e. The zero-order chi connectivity index (χ0) is 20.5. The lowest BCUT2D eigenvalue weighted by molar-refractivity contribution is 0.102. The van der Waals surface area contributed by atoms with Gasteiger partial charge in [-0.05, 0) is 49.2 Å². The first-order valence-corrected chi connectivity index (χ1v) is 10.6. The molecule has 2 aromatic carbocycles. The molecule has 6 nitrogen and oxygen atoms in total. The Morgan fingerprint density at radius 1 is 1.29 bits per heavy atom. The predicted molar refractivity (Wildman–Crippen MR) is 109 cm³/mol. The highest BCUT2D eigenvalue weighted by Gasteiger charge is 2.21. The van der Waals surface area contributed by atoms with E-state index in [-0.39, 0.29) is 12.1 Å². The van der Waals surface area contributed by atoms with Crippen LogP contribution in [0.25, 0.3) is 10.2 Å². The van der Waals surface area contributed by atoms with Crippen molar-refractivity contribution in [3.05, 3.63) is 65.5 Å². The summed E-state index contributed by atoms with van der Waals surface area (Å²) in [7, 11) is -4.10. The summed E-state index contributed by atoms with van der Waals surface area (Å²) in [6, 6.07) is 7.15. The number of nitrogens with one attached hydrogen (secondary N) is 2. The van der Waals surface area contributed by atoms with Gasteiger partial charge in [0.15, 0.2) is 5.13 Å².